The average molecular weight is 305 g/mol. The maximum Gasteiger partial charge on any atom is 0.0710 e. The van der Waals surface area contributed by atoms with Crippen molar-refractivity contribution in [2.75, 3.05) is 0 Å². The number of benzene rings is 2. The molecule has 0 saturated carbocycles. The lowest BCUT2D eigenvalue weighted by Crippen LogP contribution is -2.28. The van der Waals surface area contributed by atoms with Gasteiger partial charge in [-0.2, -0.15) is 0 Å². The minimum Gasteiger partial charge on any atom is -0.271 e. The number of hydrazine groups is 1. The van der Waals surface area contributed by atoms with Crippen molar-refractivity contribution in [2.45, 2.75) is 19.9 Å². The van der Waals surface area contributed by atoms with Gasteiger partial charge in [0, 0.05) is 4.47 Å². The Labute approximate surface area is 116 Å². The highest BCUT2D eigenvalue weighted by atomic mass is 79.9. The summed E-state index contributed by atoms with van der Waals surface area (Å²) in [7, 11) is 0. The van der Waals surface area contributed by atoms with E-state index in [-0.39, 0.29) is 6.04 Å². The maximum absolute atomic E-state index is 5.72. The Morgan fingerprint density at radius 2 is 1.67 bits per heavy atom. The lowest BCUT2D eigenvalue weighted by Gasteiger charge is -2.18. The van der Waals surface area contributed by atoms with Crippen molar-refractivity contribution in [3.63, 3.8) is 0 Å². The Morgan fingerprint density at radius 3 is 2.22 bits per heavy atom. The first-order valence-corrected chi connectivity index (χ1v) is 6.69. The van der Waals surface area contributed by atoms with Crippen LogP contribution in [0.4, 0.5) is 0 Å². The maximum atomic E-state index is 5.72. The van der Waals surface area contributed by atoms with E-state index in [4.69, 9.17) is 5.84 Å². The predicted octanol–water partition coefficient (Wildman–Crippen LogP) is 3.62. The molecular formula is C15H17BrN2. The number of aryl methyl sites for hydroxylation is 2. The van der Waals surface area contributed by atoms with E-state index in [0.29, 0.717) is 0 Å². The summed E-state index contributed by atoms with van der Waals surface area (Å²) >= 11 is 3.49. The van der Waals surface area contributed by atoms with E-state index in [1.54, 1.807) is 0 Å². The van der Waals surface area contributed by atoms with E-state index in [0.717, 1.165) is 10.0 Å². The molecule has 2 nitrogen and oxygen atoms in total. The monoisotopic (exact) mass is 304 g/mol. The molecular weight excluding hydrogens is 288 g/mol. The van der Waals surface area contributed by atoms with Gasteiger partial charge in [0.2, 0.25) is 0 Å². The molecule has 1 unspecified atom stereocenters. The van der Waals surface area contributed by atoms with E-state index >= 15 is 0 Å². The molecule has 2 aromatic carbocycles. The average Bonchev–Trinajstić information content (AvgIpc) is 2.28. The number of nitrogens with two attached hydrogens (primary N) is 1. The highest BCUT2D eigenvalue weighted by Gasteiger charge is 2.13. The molecule has 0 aromatic heterocycles. The zero-order valence-corrected chi connectivity index (χ0v) is 12.2. The number of rotatable bonds is 3. The second-order valence-corrected chi connectivity index (χ2v) is 5.49. The Morgan fingerprint density at radius 1 is 1.00 bits per heavy atom. The summed E-state index contributed by atoms with van der Waals surface area (Å²) in [4.78, 5) is 0. The zero-order chi connectivity index (χ0) is 13.1. The Bertz CT molecular complexity index is 532. The van der Waals surface area contributed by atoms with E-state index in [1.807, 2.05) is 12.1 Å². The summed E-state index contributed by atoms with van der Waals surface area (Å²) in [6.07, 6.45) is 0. The topological polar surface area (TPSA) is 38.0 Å². The fourth-order valence-corrected chi connectivity index (χ4v) is 2.66. The molecule has 0 heterocycles. The second kappa shape index (κ2) is 5.65. The third kappa shape index (κ3) is 2.99. The molecule has 0 bridgehead atoms. The number of hydrogen-bond donors (Lipinski definition) is 2. The predicted molar refractivity (Wildman–Crippen MR) is 79.2 cm³/mol. The Balaban J connectivity index is 2.45. The highest BCUT2D eigenvalue weighted by molar-refractivity contribution is 9.10. The van der Waals surface area contributed by atoms with Crippen LogP contribution in [-0.2, 0) is 0 Å². The summed E-state index contributed by atoms with van der Waals surface area (Å²) in [6.45, 7) is 4.20. The van der Waals surface area contributed by atoms with Crippen LogP contribution in [0, 0.1) is 13.8 Å². The highest BCUT2D eigenvalue weighted by Crippen LogP contribution is 2.25. The van der Waals surface area contributed by atoms with Gasteiger partial charge >= 0.3 is 0 Å². The number of nitrogens with one attached hydrogen (secondary N) is 1. The fraction of sp³-hybridized carbons (Fsp3) is 0.200. The molecule has 0 aliphatic rings. The van der Waals surface area contributed by atoms with Crippen LogP contribution in [0.25, 0.3) is 0 Å². The van der Waals surface area contributed by atoms with Gasteiger partial charge in [-0.1, -0.05) is 57.4 Å². The van der Waals surface area contributed by atoms with Crippen LogP contribution in [0.2, 0.25) is 0 Å². The summed E-state index contributed by atoms with van der Waals surface area (Å²) < 4.78 is 1.06. The first-order chi connectivity index (χ1) is 8.60. The number of hydrogen-bond acceptors (Lipinski definition) is 2. The Hall–Kier alpha value is -1.16. The van der Waals surface area contributed by atoms with Gasteiger partial charge in [0.05, 0.1) is 6.04 Å². The van der Waals surface area contributed by atoms with Crippen LogP contribution in [0.1, 0.15) is 28.3 Å². The molecule has 1 atom stereocenters. The molecule has 0 aliphatic carbocycles. The molecule has 3 N–H and O–H groups in total. The fourth-order valence-electron chi connectivity index (χ4n) is 2.25. The molecule has 0 amide bonds. The van der Waals surface area contributed by atoms with Gasteiger partial charge in [-0.05, 0) is 37.1 Å². The van der Waals surface area contributed by atoms with Crippen molar-refractivity contribution in [1.82, 2.24) is 5.43 Å². The molecule has 3 heteroatoms. The first kappa shape index (κ1) is 13.3. The smallest absolute Gasteiger partial charge is 0.0710 e. The standard InChI is InChI=1S/C15H17BrN2/c1-10-6-11(2)8-13(7-10)15(18-17)12-4-3-5-14(16)9-12/h3-9,15,18H,17H2,1-2H3. The van der Waals surface area contributed by atoms with Gasteiger partial charge in [-0.25, -0.2) is 5.43 Å². The van der Waals surface area contributed by atoms with Crippen LogP contribution in [0.5, 0.6) is 0 Å². The van der Waals surface area contributed by atoms with Crippen LogP contribution in [0.15, 0.2) is 46.9 Å². The molecule has 94 valence electrons. The third-order valence-electron chi connectivity index (χ3n) is 2.93. The van der Waals surface area contributed by atoms with Crippen molar-refractivity contribution in [2.24, 2.45) is 5.84 Å². The first-order valence-electron chi connectivity index (χ1n) is 5.90. The third-order valence-corrected chi connectivity index (χ3v) is 3.42. The van der Waals surface area contributed by atoms with Gasteiger partial charge in [-0.3, -0.25) is 5.84 Å². The van der Waals surface area contributed by atoms with Crippen molar-refractivity contribution in [3.05, 3.63) is 69.2 Å². The molecule has 18 heavy (non-hydrogen) atoms. The van der Waals surface area contributed by atoms with E-state index in [2.05, 4.69) is 65.5 Å². The minimum absolute atomic E-state index is 0.0149. The zero-order valence-electron chi connectivity index (χ0n) is 10.6. The molecule has 0 radical (unpaired) electrons. The lowest BCUT2D eigenvalue weighted by molar-refractivity contribution is 0.636. The van der Waals surface area contributed by atoms with E-state index in [1.165, 1.54) is 16.7 Å². The largest absolute Gasteiger partial charge is 0.271 e. The summed E-state index contributed by atoms with van der Waals surface area (Å²) in [5, 5.41) is 0. The van der Waals surface area contributed by atoms with E-state index < -0.39 is 0 Å². The van der Waals surface area contributed by atoms with Crippen LogP contribution in [0.3, 0.4) is 0 Å². The van der Waals surface area contributed by atoms with Crippen molar-refractivity contribution >= 4 is 15.9 Å². The molecule has 2 rings (SSSR count). The molecule has 0 spiro atoms. The number of halogens is 1. The van der Waals surface area contributed by atoms with Crippen LogP contribution >= 0.6 is 15.9 Å². The van der Waals surface area contributed by atoms with Crippen molar-refractivity contribution < 1.29 is 0 Å². The van der Waals surface area contributed by atoms with E-state index in [9.17, 15) is 0 Å². The molecule has 0 aliphatic heterocycles. The normalized spacial score (nSPS) is 12.4. The summed E-state index contributed by atoms with van der Waals surface area (Å²) in [6, 6.07) is 14.7. The second-order valence-electron chi connectivity index (χ2n) is 4.58. The molecule has 2 aromatic rings. The van der Waals surface area contributed by atoms with Gasteiger partial charge in [0.15, 0.2) is 0 Å². The SMILES string of the molecule is Cc1cc(C)cc(C(NN)c2cccc(Br)c2)c1. The van der Waals surface area contributed by atoms with Gasteiger partial charge in [-0.15, -0.1) is 0 Å². The van der Waals surface area contributed by atoms with Gasteiger partial charge in [0.1, 0.15) is 0 Å². The Kier molecular flexibility index (Phi) is 4.17. The van der Waals surface area contributed by atoms with Crippen molar-refractivity contribution in [3.8, 4) is 0 Å². The summed E-state index contributed by atoms with van der Waals surface area (Å²) in [5.41, 5.74) is 7.73. The lowest BCUT2D eigenvalue weighted by atomic mass is 9.96. The van der Waals surface area contributed by atoms with Crippen LogP contribution in [-0.4, -0.2) is 0 Å². The minimum atomic E-state index is 0.0149. The van der Waals surface area contributed by atoms with Gasteiger partial charge < -0.3 is 0 Å². The molecule has 0 fully saturated rings. The van der Waals surface area contributed by atoms with Crippen LogP contribution < -0.4 is 11.3 Å². The summed E-state index contributed by atoms with van der Waals surface area (Å²) in [5.74, 6) is 5.72. The quantitative estimate of drug-likeness (QED) is 0.671. The molecule has 0 saturated heterocycles. The van der Waals surface area contributed by atoms with Gasteiger partial charge in [0.25, 0.3) is 0 Å². The van der Waals surface area contributed by atoms with Crippen molar-refractivity contribution in [1.29, 1.82) is 0 Å².